The molecule has 0 heterocycles. The highest BCUT2D eigenvalue weighted by molar-refractivity contribution is 5.05. The zero-order valence-electron chi connectivity index (χ0n) is 13.2. The maximum Gasteiger partial charge on any atom is 0.0598 e. The standard InChI is InChI=1S/C17H27NO/c1-8-9-10-11-15(14-18-16(2,3)4)12-13-19-17(5,6)7/h18H,1,12-14H2,2-7H3. The van der Waals surface area contributed by atoms with Crippen molar-refractivity contribution in [3.05, 3.63) is 35.1 Å². The molecule has 19 heavy (non-hydrogen) atoms. The van der Waals surface area contributed by atoms with Crippen molar-refractivity contribution in [1.82, 2.24) is 5.32 Å². The first-order valence-corrected chi connectivity index (χ1v) is 6.66. The van der Waals surface area contributed by atoms with E-state index in [1.54, 1.807) is 0 Å². The van der Waals surface area contributed by atoms with E-state index in [4.69, 9.17) is 4.74 Å². The molecule has 0 bridgehead atoms. The maximum absolute atomic E-state index is 5.73. The molecule has 0 atom stereocenters. The molecule has 0 radical (unpaired) electrons. The summed E-state index contributed by atoms with van der Waals surface area (Å²) < 4.78 is 5.73. The lowest BCUT2D eigenvalue weighted by Gasteiger charge is -2.22. The molecule has 0 fully saturated rings. The number of hydrogen-bond donors (Lipinski definition) is 1. The topological polar surface area (TPSA) is 21.3 Å². The largest absolute Gasteiger partial charge is 0.376 e. The molecule has 0 rings (SSSR count). The maximum atomic E-state index is 5.73. The average Bonchev–Trinajstić information content (AvgIpc) is 2.22. The van der Waals surface area contributed by atoms with Crippen molar-refractivity contribution in [2.75, 3.05) is 13.2 Å². The zero-order chi connectivity index (χ0) is 14.9. The van der Waals surface area contributed by atoms with Gasteiger partial charge in [-0.25, -0.2) is 0 Å². The van der Waals surface area contributed by atoms with Crippen LogP contribution in [0.4, 0.5) is 0 Å². The lowest BCUT2D eigenvalue weighted by molar-refractivity contribution is -0.00113. The summed E-state index contributed by atoms with van der Waals surface area (Å²) in [6, 6.07) is 0. The SMILES string of the molecule is C=C=C=C=C=C(CCOC(C)(C)C)CNC(C)(C)C. The average molecular weight is 261 g/mol. The van der Waals surface area contributed by atoms with Gasteiger partial charge in [-0.1, -0.05) is 11.5 Å². The van der Waals surface area contributed by atoms with Gasteiger partial charge in [0.15, 0.2) is 0 Å². The van der Waals surface area contributed by atoms with Crippen LogP contribution in [0.15, 0.2) is 35.1 Å². The van der Waals surface area contributed by atoms with Crippen LogP contribution in [0.5, 0.6) is 0 Å². The van der Waals surface area contributed by atoms with E-state index in [1.165, 1.54) is 0 Å². The summed E-state index contributed by atoms with van der Waals surface area (Å²) in [6.45, 7) is 17.5. The van der Waals surface area contributed by atoms with Crippen LogP contribution in [0.1, 0.15) is 48.0 Å². The Labute approximate surface area is 118 Å². The monoisotopic (exact) mass is 261 g/mol. The Balaban J connectivity index is 4.67. The van der Waals surface area contributed by atoms with E-state index in [9.17, 15) is 0 Å². The second kappa shape index (κ2) is 8.05. The van der Waals surface area contributed by atoms with Crippen molar-refractivity contribution in [3.8, 4) is 0 Å². The number of rotatable bonds is 5. The summed E-state index contributed by atoms with van der Waals surface area (Å²) in [6.07, 6.45) is 0.826. The molecule has 2 nitrogen and oxygen atoms in total. The molecule has 0 aromatic heterocycles. The molecule has 2 heteroatoms. The van der Waals surface area contributed by atoms with Crippen molar-refractivity contribution in [2.24, 2.45) is 0 Å². The predicted octanol–water partition coefficient (Wildman–Crippen LogP) is 3.76. The summed E-state index contributed by atoms with van der Waals surface area (Å²) in [5, 5.41) is 3.44. The molecular formula is C17H27NO. The van der Waals surface area contributed by atoms with E-state index in [-0.39, 0.29) is 11.1 Å². The highest BCUT2D eigenvalue weighted by Gasteiger charge is 2.12. The molecule has 0 amide bonds. The zero-order valence-corrected chi connectivity index (χ0v) is 13.2. The Bertz CT molecular complexity index is 423. The van der Waals surface area contributed by atoms with Gasteiger partial charge in [-0.2, -0.15) is 0 Å². The molecule has 106 valence electrons. The van der Waals surface area contributed by atoms with Gasteiger partial charge in [-0.3, -0.25) is 0 Å². The summed E-state index contributed by atoms with van der Waals surface area (Å²) in [5.41, 5.74) is 12.2. The van der Waals surface area contributed by atoms with Gasteiger partial charge in [-0.05, 0) is 65.2 Å². The van der Waals surface area contributed by atoms with Crippen molar-refractivity contribution < 1.29 is 4.74 Å². The van der Waals surface area contributed by atoms with Gasteiger partial charge in [0.1, 0.15) is 0 Å². The normalized spacial score (nSPS) is 11.1. The molecule has 0 aliphatic carbocycles. The van der Waals surface area contributed by atoms with E-state index in [0.717, 1.165) is 18.5 Å². The highest BCUT2D eigenvalue weighted by Crippen LogP contribution is 2.10. The van der Waals surface area contributed by atoms with Crippen molar-refractivity contribution >= 4 is 0 Å². The summed E-state index contributed by atoms with van der Waals surface area (Å²) in [4.78, 5) is 0. The van der Waals surface area contributed by atoms with Gasteiger partial charge in [0, 0.05) is 18.5 Å². The van der Waals surface area contributed by atoms with Crippen LogP contribution >= 0.6 is 0 Å². The quantitative estimate of drug-likeness (QED) is 0.761. The van der Waals surface area contributed by atoms with Crippen LogP contribution < -0.4 is 5.32 Å². The fourth-order valence-corrected chi connectivity index (χ4v) is 1.21. The number of hydrogen-bond acceptors (Lipinski definition) is 2. The Kier molecular flexibility index (Phi) is 7.53. The molecule has 0 aromatic carbocycles. The fraction of sp³-hybridized carbons (Fsp3) is 0.647. The lowest BCUT2D eigenvalue weighted by Crippen LogP contribution is -2.37. The van der Waals surface area contributed by atoms with E-state index in [1.807, 2.05) is 0 Å². The molecule has 0 saturated carbocycles. The Hall–Kier alpha value is -1.22. The molecule has 0 aromatic rings. The first kappa shape index (κ1) is 17.8. The lowest BCUT2D eigenvalue weighted by atomic mass is 10.1. The van der Waals surface area contributed by atoms with E-state index < -0.39 is 0 Å². The van der Waals surface area contributed by atoms with Crippen LogP contribution in [0.3, 0.4) is 0 Å². The summed E-state index contributed by atoms with van der Waals surface area (Å²) >= 11 is 0. The first-order valence-electron chi connectivity index (χ1n) is 6.66. The minimum Gasteiger partial charge on any atom is -0.376 e. The Morgan fingerprint density at radius 1 is 1.11 bits per heavy atom. The third-order valence-corrected chi connectivity index (χ3v) is 2.16. The molecule has 0 saturated heterocycles. The van der Waals surface area contributed by atoms with Crippen molar-refractivity contribution in [2.45, 2.75) is 59.1 Å². The molecule has 0 aliphatic heterocycles. The van der Waals surface area contributed by atoms with Gasteiger partial charge in [0.2, 0.25) is 0 Å². The molecular weight excluding hydrogens is 234 g/mol. The first-order chi connectivity index (χ1) is 8.64. The summed E-state index contributed by atoms with van der Waals surface area (Å²) in [7, 11) is 0. The highest BCUT2D eigenvalue weighted by atomic mass is 16.5. The van der Waals surface area contributed by atoms with Crippen molar-refractivity contribution in [3.63, 3.8) is 0 Å². The third kappa shape index (κ3) is 13.0. The van der Waals surface area contributed by atoms with E-state index in [0.29, 0.717) is 6.61 Å². The molecule has 0 spiro atoms. The van der Waals surface area contributed by atoms with E-state index >= 15 is 0 Å². The van der Waals surface area contributed by atoms with Gasteiger partial charge < -0.3 is 10.1 Å². The minimum atomic E-state index is -0.108. The number of nitrogens with one attached hydrogen (secondary N) is 1. The Morgan fingerprint density at radius 3 is 2.21 bits per heavy atom. The second-order valence-corrected chi connectivity index (χ2v) is 6.47. The van der Waals surface area contributed by atoms with Gasteiger partial charge in [0.05, 0.1) is 12.2 Å². The third-order valence-electron chi connectivity index (χ3n) is 2.16. The van der Waals surface area contributed by atoms with Crippen LogP contribution in [0.2, 0.25) is 0 Å². The molecule has 1 N–H and O–H groups in total. The second-order valence-electron chi connectivity index (χ2n) is 6.47. The van der Waals surface area contributed by atoms with E-state index in [2.05, 4.69) is 76.4 Å². The summed E-state index contributed by atoms with van der Waals surface area (Å²) in [5.74, 6) is 0. The fourth-order valence-electron chi connectivity index (χ4n) is 1.21. The smallest absolute Gasteiger partial charge is 0.0598 e. The molecule has 0 aliphatic rings. The van der Waals surface area contributed by atoms with Gasteiger partial charge >= 0.3 is 0 Å². The van der Waals surface area contributed by atoms with Crippen LogP contribution in [-0.2, 0) is 4.74 Å². The predicted molar refractivity (Wildman–Crippen MR) is 81.3 cm³/mol. The Morgan fingerprint density at radius 2 is 1.74 bits per heavy atom. The van der Waals surface area contributed by atoms with Gasteiger partial charge in [0.25, 0.3) is 0 Å². The number of ether oxygens (including phenoxy) is 1. The van der Waals surface area contributed by atoms with Crippen LogP contribution in [0, 0.1) is 0 Å². The van der Waals surface area contributed by atoms with Crippen LogP contribution in [0.25, 0.3) is 0 Å². The van der Waals surface area contributed by atoms with Gasteiger partial charge in [-0.15, -0.1) is 0 Å². The molecule has 0 unspecified atom stereocenters. The van der Waals surface area contributed by atoms with Crippen molar-refractivity contribution in [1.29, 1.82) is 0 Å². The van der Waals surface area contributed by atoms with Crippen LogP contribution in [-0.4, -0.2) is 24.3 Å². The minimum absolute atomic E-state index is 0.0792.